The predicted octanol–water partition coefficient (Wildman–Crippen LogP) is 2.50. The largest absolute Gasteiger partial charge is 0.482 e. The number of nitro benzene ring substituents is 1. The second-order valence-corrected chi connectivity index (χ2v) is 4.13. The average molecular weight is 287 g/mol. The van der Waals surface area contributed by atoms with Gasteiger partial charge in [0, 0.05) is 25.2 Å². The molecule has 1 aromatic rings. The fraction of sp³-hybridized carbons (Fsp3) is 0.417. The van der Waals surface area contributed by atoms with Crippen LogP contribution < -0.4 is 4.74 Å². The van der Waals surface area contributed by atoms with Gasteiger partial charge in [0.2, 0.25) is 0 Å². The fourth-order valence-electron chi connectivity index (χ4n) is 1.53. The molecule has 0 bridgehead atoms. The second-order valence-electron chi connectivity index (χ2n) is 3.73. The summed E-state index contributed by atoms with van der Waals surface area (Å²) in [6.45, 7) is 4.82. The monoisotopic (exact) mass is 286 g/mol. The molecule has 0 fully saturated rings. The Kier molecular flexibility index (Phi) is 5.57. The van der Waals surface area contributed by atoms with Gasteiger partial charge in [0.15, 0.2) is 6.61 Å². The van der Waals surface area contributed by atoms with Gasteiger partial charge in [-0.15, -0.1) is 0 Å². The smallest absolute Gasteiger partial charge is 0.271 e. The summed E-state index contributed by atoms with van der Waals surface area (Å²) in [4.78, 5) is 23.3. The van der Waals surface area contributed by atoms with Gasteiger partial charge in [-0.2, -0.15) is 0 Å². The molecule has 0 heterocycles. The molecule has 0 aliphatic heterocycles. The van der Waals surface area contributed by atoms with Crippen molar-refractivity contribution >= 4 is 23.2 Å². The average Bonchev–Trinajstić information content (AvgIpc) is 2.38. The first-order chi connectivity index (χ1) is 8.99. The fourth-order valence-corrected chi connectivity index (χ4v) is 1.76. The van der Waals surface area contributed by atoms with Gasteiger partial charge in [0.25, 0.3) is 11.6 Å². The summed E-state index contributed by atoms with van der Waals surface area (Å²) in [5.41, 5.74) is -0.118. The van der Waals surface area contributed by atoms with Crippen LogP contribution in [-0.4, -0.2) is 35.4 Å². The molecular formula is C12H15ClN2O4. The van der Waals surface area contributed by atoms with Gasteiger partial charge in [-0.05, 0) is 19.9 Å². The maximum absolute atomic E-state index is 11.7. The summed E-state index contributed by atoms with van der Waals surface area (Å²) >= 11 is 5.85. The van der Waals surface area contributed by atoms with E-state index in [2.05, 4.69) is 0 Å². The van der Waals surface area contributed by atoms with Crippen LogP contribution in [0.3, 0.4) is 0 Å². The second kappa shape index (κ2) is 6.94. The summed E-state index contributed by atoms with van der Waals surface area (Å²) in [5.74, 6) is 0.104. The van der Waals surface area contributed by atoms with Crippen molar-refractivity contribution < 1.29 is 14.5 Å². The molecular weight excluding hydrogens is 272 g/mol. The molecule has 6 nitrogen and oxygen atoms in total. The lowest BCUT2D eigenvalue weighted by Gasteiger charge is -2.18. The van der Waals surface area contributed by atoms with E-state index in [4.69, 9.17) is 16.3 Å². The lowest BCUT2D eigenvalue weighted by atomic mass is 10.3. The van der Waals surface area contributed by atoms with Gasteiger partial charge < -0.3 is 9.64 Å². The highest BCUT2D eigenvalue weighted by molar-refractivity contribution is 6.32. The van der Waals surface area contributed by atoms with E-state index in [0.717, 1.165) is 0 Å². The zero-order valence-corrected chi connectivity index (χ0v) is 11.5. The minimum Gasteiger partial charge on any atom is -0.482 e. The molecule has 0 saturated heterocycles. The first kappa shape index (κ1) is 15.2. The molecule has 1 amide bonds. The van der Waals surface area contributed by atoms with Crippen LogP contribution in [-0.2, 0) is 4.79 Å². The Morgan fingerprint density at radius 1 is 1.42 bits per heavy atom. The zero-order valence-electron chi connectivity index (χ0n) is 10.8. The van der Waals surface area contributed by atoms with Crippen LogP contribution in [0.15, 0.2) is 18.2 Å². The number of hydrogen-bond acceptors (Lipinski definition) is 4. The van der Waals surface area contributed by atoms with Crippen molar-refractivity contribution in [2.24, 2.45) is 0 Å². The quantitative estimate of drug-likeness (QED) is 0.595. The molecule has 0 atom stereocenters. The van der Waals surface area contributed by atoms with Gasteiger partial charge >= 0.3 is 0 Å². The van der Waals surface area contributed by atoms with E-state index in [-0.39, 0.29) is 29.0 Å². The SMILES string of the molecule is CCN(CC)C(=O)COc1ccc([N+](=O)[O-])cc1Cl. The standard InChI is InChI=1S/C12H15ClN2O4/c1-3-14(4-2)12(16)8-19-11-6-5-9(15(17)18)7-10(11)13/h5-7H,3-4,8H2,1-2H3. The molecule has 7 heteroatoms. The van der Waals surface area contributed by atoms with Gasteiger partial charge in [-0.1, -0.05) is 11.6 Å². The van der Waals surface area contributed by atoms with E-state index in [1.807, 2.05) is 13.8 Å². The van der Waals surface area contributed by atoms with Crippen LogP contribution in [0.25, 0.3) is 0 Å². The number of ether oxygens (including phenoxy) is 1. The van der Waals surface area contributed by atoms with Crippen LogP contribution in [0, 0.1) is 10.1 Å². The number of benzene rings is 1. The zero-order chi connectivity index (χ0) is 14.4. The maximum Gasteiger partial charge on any atom is 0.271 e. The number of halogens is 1. The molecule has 1 rings (SSSR count). The molecule has 0 aliphatic rings. The molecule has 0 aliphatic carbocycles. The first-order valence-corrected chi connectivity index (χ1v) is 6.21. The van der Waals surface area contributed by atoms with Gasteiger partial charge in [-0.3, -0.25) is 14.9 Å². The highest BCUT2D eigenvalue weighted by Gasteiger charge is 2.13. The third-order valence-electron chi connectivity index (χ3n) is 2.59. The Labute approximate surface area is 116 Å². The number of likely N-dealkylation sites (N-methyl/N-ethyl adjacent to an activating group) is 1. The van der Waals surface area contributed by atoms with Crippen molar-refractivity contribution in [3.8, 4) is 5.75 Å². The molecule has 0 saturated carbocycles. The Hall–Kier alpha value is -1.82. The third kappa shape index (κ3) is 4.10. The van der Waals surface area contributed by atoms with Crippen molar-refractivity contribution in [3.63, 3.8) is 0 Å². The van der Waals surface area contributed by atoms with E-state index in [0.29, 0.717) is 13.1 Å². The highest BCUT2D eigenvalue weighted by atomic mass is 35.5. The van der Waals surface area contributed by atoms with Crippen LogP contribution >= 0.6 is 11.6 Å². The van der Waals surface area contributed by atoms with Crippen LogP contribution in [0.5, 0.6) is 5.75 Å². The van der Waals surface area contributed by atoms with Crippen LogP contribution in [0.1, 0.15) is 13.8 Å². The Morgan fingerprint density at radius 2 is 2.05 bits per heavy atom. The highest BCUT2D eigenvalue weighted by Crippen LogP contribution is 2.28. The molecule has 0 aromatic heterocycles. The first-order valence-electron chi connectivity index (χ1n) is 5.84. The Bertz CT molecular complexity index is 475. The number of hydrogen-bond donors (Lipinski definition) is 0. The molecule has 1 aromatic carbocycles. The number of nitro groups is 1. The van der Waals surface area contributed by atoms with Gasteiger partial charge in [-0.25, -0.2) is 0 Å². The molecule has 0 radical (unpaired) electrons. The van der Waals surface area contributed by atoms with E-state index >= 15 is 0 Å². The number of non-ortho nitro benzene ring substituents is 1. The summed E-state index contributed by atoms with van der Waals surface area (Å²) in [6, 6.07) is 3.86. The van der Waals surface area contributed by atoms with Crippen molar-refractivity contribution in [1.29, 1.82) is 0 Å². The molecule has 0 N–H and O–H groups in total. The van der Waals surface area contributed by atoms with Gasteiger partial charge in [0.1, 0.15) is 5.75 Å². The number of carbonyl (C=O) groups excluding carboxylic acids is 1. The topological polar surface area (TPSA) is 72.7 Å². The summed E-state index contributed by atoms with van der Waals surface area (Å²) in [7, 11) is 0. The van der Waals surface area contributed by atoms with Crippen molar-refractivity contribution in [2.75, 3.05) is 19.7 Å². The minimum atomic E-state index is -0.545. The van der Waals surface area contributed by atoms with E-state index in [1.165, 1.54) is 18.2 Å². The summed E-state index contributed by atoms with van der Waals surface area (Å²) < 4.78 is 5.27. The molecule has 0 spiro atoms. The number of nitrogens with zero attached hydrogens (tertiary/aromatic N) is 2. The van der Waals surface area contributed by atoms with Crippen molar-refractivity contribution in [1.82, 2.24) is 4.90 Å². The number of amides is 1. The summed E-state index contributed by atoms with van der Waals surface area (Å²) in [6.07, 6.45) is 0. The normalized spacial score (nSPS) is 10.1. The lowest BCUT2D eigenvalue weighted by Crippen LogP contribution is -2.34. The molecule has 104 valence electrons. The third-order valence-corrected chi connectivity index (χ3v) is 2.89. The molecule has 19 heavy (non-hydrogen) atoms. The maximum atomic E-state index is 11.7. The summed E-state index contributed by atoms with van der Waals surface area (Å²) in [5, 5.41) is 10.7. The minimum absolute atomic E-state index is 0.113. The Balaban J connectivity index is 2.68. The van der Waals surface area contributed by atoms with Crippen molar-refractivity contribution in [2.45, 2.75) is 13.8 Å². The van der Waals surface area contributed by atoms with Crippen LogP contribution in [0.2, 0.25) is 5.02 Å². The van der Waals surface area contributed by atoms with Gasteiger partial charge in [0.05, 0.1) is 9.95 Å². The number of carbonyl (C=O) groups is 1. The number of rotatable bonds is 6. The van der Waals surface area contributed by atoms with E-state index in [1.54, 1.807) is 4.90 Å². The molecule has 0 unspecified atom stereocenters. The van der Waals surface area contributed by atoms with Crippen LogP contribution in [0.4, 0.5) is 5.69 Å². The van der Waals surface area contributed by atoms with E-state index < -0.39 is 4.92 Å². The van der Waals surface area contributed by atoms with E-state index in [9.17, 15) is 14.9 Å². The predicted molar refractivity (Wildman–Crippen MR) is 71.5 cm³/mol. The Morgan fingerprint density at radius 3 is 2.53 bits per heavy atom. The lowest BCUT2D eigenvalue weighted by molar-refractivity contribution is -0.384. The van der Waals surface area contributed by atoms with Crippen molar-refractivity contribution in [3.05, 3.63) is 33.3 Å².